The molecule has 1 heterocycles. The van der Waals surface area contributed by atoms with Crippen molar-refractivity contribution in [2.75, 3.05) is 21.3 Å². The van der Waals surface area contributed by atoms with Crippen LogP contribution in [0.4, 0.5) is 0 Å². The van der Waals surface area contributed by atoms with Crippen molar-refractivity contribution < 1.29 is 23.7 Å². The number of carbonyl (C=O) groups is 1. The Balaban J connectivity index is 2.11. The maximum absolute atomic E-state index is 12.6. The van der Waals surface area contributed by atoms with Crippen LogP contribution in [-0.4, -0.2) is 27.1 Å². The smallest absolute Gasteiger partial charge is 0.208 e. The average molecular weight is 314 g/mol. The van der Waals surface area contributed by atoms with Gasteiger partial charge in [0.05, 0.1) is 33.3 Å². The van der Waals surface area contributed by atoms with Gasteiger partial charge in [-0.05, 0) is 11.6 Å². The lowest BCUT2D eigenvalue weighted by Crippen LogP contribution is -2.21. The van der Waals surface area contributed by atoms with Crippen LogP contribution in [0, 0.1) is 0 Å². The van der Waals surface area contributed by atoms with Crippen LogP contribution >= 0.6 is 0 Å². The third-order valence-electron chi connectivity index (χ3n) is 3.89. The molecule has 3 rings (SSSR count). The van der Waals surface area contributed by atoms with Crippen molar-refractivity contribution >= 4 is 5.78 Å². The summed E-state index contributed by atoms with van der Waals surface area (Å²) in [6, 6.07) is 11.3. The minimum atomic E-state index is -0.344. The highest BCUT2D eigenvalue weighted by molar-refractivity contribution is 6.02. The lowest BCUT2D eigenvalue weighted by molar-refractivity contribution is 0.0840. The van der Waals surface area contributed by atoms with E-state index in [4.69, 9.17) is 18.9 Å². The second kappa shape index (κ2) is 6.20. The number of methoxy groups -OCH3 is 3. The van der Waals surface area contributed by atoms with Crippen LogP contribution in [0.3, 0.4) is 0 Å². The van der Waals surface area contributed by atoms with Gasteiger partial charge in [0, 0.05) is 0 Å². The average Bonchev–Trinajstić information content (AvgIpc) is 2.60. The number of hydrogen-bond donors (Lipinski definition) is 0. The van der Waals surface area contributed by atoms with Gasteiger partial charge in [-0.15, -0.1) is 0 Å². The minimum absolute atomic E-state index is 0.0145. The largest absolute Gasteiger partial charge is 0.493 e. The standard InChI is InChI=1S/C18H18O5/c1-20-15-9-12-13(19)10-14(11-7-5-4-6-8-11)23-16(12)18(22-3)17(15)21-2/h4-9,14H,10H2,1-3H3/t14-/m1/s1. The summed E-state index contributed by atoms with van der Waals surface area (Å²) in [7, 11) is 4.55. The van der Waals surface area contributed by atoms with Crippen molar-refractivity contribution in [2.45, 2.75) is 12.5 Å². The Morgan fingerprint density at radius 3 is 2.30 bits per heavy atom. The summed E-state index contributed by atoms with van der Waals surface area (Å²) in [5.74, 6) is 1.61. The Labute approximate surface area is 134 Å². The molecule has 0 aliphatic carbocycles. The molecule has 1 aliphatic heterocycles. The van der Waals surface area contributed by atoms with E-state index in [2.05, 4.69) is 0 Å². The van der Waals surface area contributed by atoms with Crippen molar-refractivity contribution in [2.24, 2.45) is 0 Å². The molecule has 120 valence electrons. The van der Waals surface area contributed by atoms with Crippen molar-refractivity contribution in [3.8, 4) is 23.0 Å². The molecule has 0 aromatic heterocycles. The first-order valence-corrected chi connectivity index (χ1v) is 7.27. The molecule has 1 atom stereocenters. The Morgan fingerprint density at radius 1 is 1.00 bits per heavy atom. The zero-order chi connectivity index (χ0) is 16.4. The number of carbonyl (C=O) groups excluding carboxylic acids is 1. The zero-order valence-corrected chi connectivity index (χ0v) is 13.3. The quantitative estimate of drug-likeness (QED) is 0.865. The van der Waals surface area contributed by atoms with E-state index in [0.717, 1.165) is 5.56 Å². The Bertz CT molecular complexity index is 724. The maximum Gasteiger partial charge on any atom is 0.208 e. The number of ether oxygens (including phenoxy) is 4. The van der Waals surface area contributed by atoms with E-state index in [1.165, 1.54) is 21.3 Å². The summed E-state index contributed by atoms with van der Waals surface area (Å²) in [4.78, 5) is 12.6. The molecule has 0 unspecified atom stereocenters. The maximum atomic E-state index is 12.6. The van der Waals surface area contributed by atoms with Crippen LogP contribution in [-0.2, 0) is 0 Å². The highest BCUT2D eigenvalue weighted by Crippen LogP contribution is 2.50. The van der Waals surface area contributed by atoms with Gasteiger partial charge in [-0.25, -0.2) is 0 Å². The molecular formula is C18H18O5. The van der Waals surface area contributed by atoms with E-state index in [-0.39, 0.29) is 18.3 Å². The Morgan fingerprint density at radius 2 is 1.70 bits per heavy atom. The summed E-state index contributed by atoms with van der Waals surface area (Å²) in [6.45, 7) is 0. The van der Waals surface area contributed by atoms with Crippen LogP contribution in [0.2, 0.25) is 0 Å². The molecule has 0 fully saturated rings. The van der Waals surface area contributed by atoms with Gasteiger partial charge in [0.2, 0.25) is 11.5 Å². The van der Waals surface area contributed by atoms with Crippen molar-refractivity contribution in [3.63, 3.8) is 0 Å². The van der Waals surface area contributed by atoms with E-state index in [0.29, 0.717) is 28.6 Å². The summed E-state index contributed by atoms with van der Waals surface area (Å²) in [6.07, 6.45) is -0.0708. The van der Waals surface area contributed by atoms with Gasteiger partial charge in [-0.1, -0.05) is 30.3 Å². The summed E-state index contributed by atoms with van der Waals surface area (Å²) < 4.78 is 22.1. The number of Topliss-reactive ketones (excluding diaryl/α,β-unsaturated/α-hetero) is 1. The lowest BCUT2D eigenvalue weighted by atomic mass is 9.95. The predicted octanol–water partition coefficient (Wildman–Crippen LogP) is 3.42. The first kappa shape index (κ1) is 15.2. The lowest BCUT2D eigenvalue weighted by Gasteiger charge is -2.28. The van der Waals surface area contributed by atoms with Gasteiger partial charge in [-0.3, -0.25) is 4.79 Å². The molecule has 0 amide bonds. The minimum Gasteiger partial charge on any atom is -0.493 e. The van der Waals surface area contributed by atoms with Crippen LogP contribution in [0.1, 0.15) is 28.4 Å². The second-order valence-corrected chi connectivity index (χ2v) is 5.17. The first-order valence-electron chi connectivity index (χ1n) is 7.27. The number of hydrogen-bond acceptors (Lipinski definition) is 5. The molecule has 0 bridgehead atoms. The number of ketones is 1. The van der Waals surface area contributed by atoms with E-state index >= 15 is 0 Å². The SMILES string of the molecule is COc1cc2c(c(OC)c1OC)O[C@@H](c1ccccc1)CC2=O. The third-order valence-corrected chi connectivity index (χ3v) is 3.89. The van der Waals surface area contributed by atoms with Gasteiger partial charge < -0.3 is 18.9 Å². The number of fused-ring (bicyclic) bond motifs is 1. The molecule has 0 saturated heterocycles. The van der Waals surface area contributed by atoms with Crippen LogP contribution in [0.25, 0.3) is 0 Å². The van der Waals surface area contributed by atoms with Crippen molar-refractivity contribution in [3.05, 3.63) is 47.5 Å². The molecule has 0 radical (unpaired) electrons. The molecule has 2 aromatic rings. The summed E-state index contributed by atoms with van der Waals surface area (Å²) >= 11 is 0. The van der Waals surface area contributed by atoms with Crippen molar-refractivity contribution in [1.82, 2.24) is 0 Å². The molecule has 5 heteroatoms. The highest BCUT2D eigenvalue weighted by atomic mass is 16.5. The summed E-state index contributed by atoms with van der Waals surface area (Å²) in [5.41, 5.74) is 1.40. The number of benzene rings is 2. The van der Waals surface area contributed by atoms with E-state index in [9.17, 15) is 4.79 Å². The fourth-order valence-corrected chi connectivity index (χ4v) is 2.77. The first-order chi connectivity index (χ1) is 11.2. The van der Waals surface area contributed by atoms with E-state index in [1.54, 1.807) is 6.07 Å². The molecular weight excluding hydrogens is 296 g/mol. The van der Waals surface area contributed by atoms with E-state index in [1.807, 2.05) is 30.3 Å². The number of rotatable bonds is 4. The topological polar surface area (TPSA) is 54.0 Å². The van der Waals surface area contributed by atoms with Gasteiger partial charge in [-0.2, -0.15) is 0 Å². The van der Waals surface area contributed by atoms with Crippen LogP contribution < -0.4 is 18.9 Å². The molecule has 0 N–H and O–H groups in total. The van der Waals surface area contributed by atoms with Crippen molar-refractivity contribution in [1.29, 1.82) is 0 Å². The Hall–Kier alpha value is -2.69. The van der Waals surface area contributed by atoms with Crippen LogP contribution in [0.5, 0.6) is 23.0 Å². The molecule has 23 heavy (non-hydrogen) atoms. The summed E-state index contributed by atoms with van der Waals surface area (Å²) in [5, 5.41) is 0. The van der Waals surface area contributed by atoms with Gasteiger partial charge in [0.1, 0.15) is 6.10 Å². The monoisotopic (exact) mass is 314 g/mol. The predicted molar refractivity (Wildman–Crippen MR) is 84.9 cm³/mol. The van der Waals surface area contributed by atoms with Gasteiger partial charge in [0.15, 0.2) is 17.3 Å². The fourth-order valence-electron chi connectivity index (χ4n) is 2.77. The van der Waals surface area contributed by atoms with Gasteiger partial charge in [0.25, 0.3) is 0 Å². The molecule has 5 nitrogen and oxygen atoms in total. The zero-order valence-electron chi connectivity index (χ0n) is 13.3. The normalized spacial score (nSPS) is 16.3. The molecule has 0 saturated carbocycles. The third kappa shape index (κ3) is 2.59. The molecule has 0 spiro atoms. The second-order valence-electron chi connectivity index (χ2n) is 5.17. The highest BCUT2D eigenvalue weighted by Gasteiger charge is 2.33. The molecule has 2 aromatic carbocycles. The van der Waals surface area contributed by atoms with Gasteiger partial charge >= 0.3 is 0 Å². The van der Waals surface area contributed by atoms with E-state index < -0.39 is 0 Å². The fraction of sp³-hybridized carbons (Fsp3) is 0.278. The Kier molecular flexibility index (Phi) is 4.10. The molecule has 1 aliphatic rings. The van der Waals surface area contributed by atoms with Crippen LogP contribution in [0.15, 0.2) is 36.4 Å².